The van der Waals surface area contributed by atoms with E-state index in [1.54, 1.807) is 11.3 Å². The summed E-state index contributed by atoms with van der Waals surface area (Å²) >= 11 is 1.67. The summed E-state index contributed by atoms with van der Waals surface area (Å²) in [5.74, 6) is 1.53. The molecule has 0 unspecified atom stereocenters. The van der Waals surface area contributed by atoms with Gasteiger partial charge in [-0.1, -0.05) is 12.1 Å². The number of benzene rings is 1. The maximum absolute atomic E-state index is 12.9. The molecule has 3 aromatic rings. The quantitative estimate of drug-likeness (QED) is 0.772. The zero-order valence-electron chi connectivity index (χ0n) is 13.4. The molecular formula is C18H18N4OS. The fourth-order valence-corrected chi connectivity index (χ4v) is 3.39. The van der Waals surface area contributed by atoms with Crippen LogP contribution in [0.1, 0.15) is 34.6 Å². The minimum atomic E-state index is 0.0985. The van der Waals surface area contributed by atoms with Crippen molar-refractivity contribution >= 4 is 17.2 Å². The fourth-order valence-electron chi connectivity index (χ4n) is 2.73. The second kappa shape index (κ2) is 6.20. The minimum Gasteiger partial charge on any atom is -0.331 e. The van der Waals surface area contributed by atoms with Gasteiger partial charge in [-0.3, -0.25) is 9.89 Å². The van der Waals surface area contributed by atoms with Gasteiger partial charge in [0.1, 0.15) is 5.82 Å². The third kappa shape index (κ3) is 3.10. The topological polar surface area (TPSA) is 61.9 Å². The Kier molecular flexibility index (Phi) is 3.90. The number of H-pyrrole nitrogens is 1. The van der Waals surface area contributed by atoms with E-state index in [1.807, 2.05) is 36.1 Å². The fraction of sp³-hybridized carbons (Fsp3) is 0.278. The summed E-state index contributed by atoms with van der Waals surface area (Å²) in [5.41, 5.74) is 2.83. The van der Waals surface area contributed by atoms with Crippen molar-refractivity contribution in [1.29, 1.82) is 0 Å². The lowest BCUT2D eigenvalue weighted by Gasteiger charge is -2.22. The molecule has 1 fully saturated rings. The summed E-state index contributed by atoms with van der Waals surface area (Å²) in [7, 11) is 0. The average molecular weight is 338 g/mol. The predicted molar refractivity (Wildman–Crippen MR) is 93.8 cm³/mol. The van der Waals surface area contributed by atoms with Crippen molar-refractivity contribution in [2.24, 2.45) is 0 Å². The number of aromatic nitrogens is 3. The van der Waals surface area contributed by atoms with Gasteiger partial charge in [0, 0.05) is 23.7 Å². The molecule has 122 valence electrons. The van der Waals surface area contributed by atoms with Crippen LogP contribution < -0.4 is 0 Å². The highest BCUT2D eigenvalue weighted by Crippen LogP contribution is 2.30. The SMILES string of the molecule is Cc1nc(-c2ccc(C(=O)N(Cc3ccsc3)C3CC3)cc2)n[nH]1. The van der Waals surface area contributed by atoms with Gasteiger partial charge >= 0.3 is 0 Å². The number of aryl methyl sites for hydroxylation is 1. The Morgan fingerprint density at radius 1 is 1.29 bits per heavy atom. The number of rotatable bonds is 5. The molecule has 5 nitrogen and oxygen atoms in total. The van der Waals surface area contributed by atoms with Gasteiger partial charge in [-0.05, 0) is 54.3 Å². The van der Waals surface area contributed by atoms with E-state index in [0.29, 0.717) is 24.0 Å². The van der Waals surface area contributed by atoms with Gasteiger partial charge in [0.25, 0.3) is 5.91 Å². The molecule has 4 rings (SSSR count). The molecule has 0 spiro atoms. The molecule has 6 heteroatoms. The Labute approximate surface area is 144 Å². The second-order valence-corrected chi connectivity index (χ2v) is 6.90. The molecule has 0 bridgehead atoms. The number of aromatic amines is 1. The van der Waals surface area contributed by atoms with Gasteiger partial charge in [0.05, 0.1) is 0 Å². The van der Waals surface area contributed by atoms with Crippen molar-refractivity contribution in [2.45, 2.75) is 32.4 Å². The summed E-state index contributed by atoms with van der Waals surface area (Å²) in [4.78, 5) is 19.2. The molecule has 24 heavy (non-hydrogen) atoms. The summed E-state index contributed by atoms with van der Waals surface area (Å²) in [6, 6.07) is 10.0. The van der Waals surface area contributed by atoms with Crippen molar-refractivity contribution in [3.05, 3.63) is 58.0 Å². The van der Waals surface area contributed by atoms with Crippen molar-refractivity contribution < 1.29 is 4.79 Å². The van der Waals surface area contributed by atoms with Crippen LogP contribution in [0.4, 0.5) is 0 Å². The van der Waals surface area contributed by atoms with Crippen molar-refractivity contribution in [3.8, 4) is 11.4 Å². The highest BCUT2D eigenvalue weighted by molar-refractivity contribution is 7.07. The first-order valence-corrected chi connectivity index (χ1v) is 8.96. The molecule has 2 aromatic heterocycles. The zero-order valence-corrected chi connectivity index (χ0v) is 14.2. The minimum absolute atomic E-state index is 0.0985. The first-order valence-electron chi connectivity index (χ1n) is 8.02. The van der Waals surface area contributed by atoms with Crippen LogP contribution in [0.25, 0.3) is 11.4 Å². The molecule has 0 radical (unpaired) electrons. The van der Waals surface area contributed by atoms with Gasteiger partial charge in [-0.2, -0.15) is 16.4 Å². The molecule has 1 aliphatic rings. The molecular weight excluding hydrogens is 320 g/mol. The molecule has 1 saturated carbocycles. The Hall–Kier alpha value is -2.47. The average Bonchev–Trinajstić information content (AvgIpc) is 3.13. The largest absolute Gasteiger partial charge is 0.331 e. The first-order chi connectivity index (χ1) is 11.7. The molecule has 0 saturated heterocycles. The van der Waals surface area contributed by atoms with E-state index in [2.05, 4.69) is 32.0 Å². The van der Waals surface area contributed by atoms with Gasteiger partial charge in [0.15, 0.2) is 5.82 Å². The maximum atomic E-state index is 12.9. The van der Waals surface area contributed by atoms with Crippen LogP contribution >= 0.6 is 11.3 Å². The van der Waals surface area contributed by atoms with Crippen LogP contribution in [0.5, 0.6) is 0 Å². The molecule has 2 heterocycles. The van der Waals surface area contributed by atoms with Crippen molar-refractivity contribution in [3.63, 3.8) is 0 Å². The third-order valence-electron chi connectivity index (χ3n) is 4.17. The van der Waals surface area contributed by atoms with Gasteiger partial charge in [0.2, 0.25) is 0 Å². The highest BCUT2D eigenvalue weighted by Gasteiger charge is 2.33. The van der Waals surface area contributed by atoms with E-state index < -0.39 is 0 Å². The smallest absolute Gasteiger partial charge is 0.254 e. The number of hydrogen-bond donors (Lipinski definition) is 1. The molecule has 0 aliphatic heterocycles. The number of nitrogens with zero attached hydrogens (tertiary/aromatic N) is 3. The number of amides is 1. The van der Waals surface area contributed by atoms with E-state index in [0.717, 1.165) is 24.2 Å². The Bertz CT molecular complexity index is 834. The zero-order chi connectivity index (χ0) is 16.5. The third-order valence-corrected chi connectivity index (χ3v) is 4.90. The second-order valence-electron chi connectivity index (χ2n) is 6.12. The van der Waals surface area contributed by atoms with E-state index in [4.69, 9.17) is 0 Å². The van der Waals surface area contributed by atoms with Crippen LogP contribution in [0.3, 0.4) is 0 Å². The van der Waals surface area contributed by atoms with E-state index in [1.165, 1.54) is 5.56 Å². The van der Waals surface area contributed by atoms with Crippen molar-refractivity contribution in [1.82, 2.24) is 20.1 Å². The normalized spacial score (nSPS) is 13.9. The first kappa shape index (κ1) is 15.1. The van der Waals surface area contributed by atoms with Gasteiger partial charge in [-0.15, -0.1) is 0 Å². The molecule has 1 N–H and O–H groups in total. The summed E-state index contributed by atoms with van der Waals surface area (Å²) in [6.07, 6.45) is 2.20. The maximum Gasteiger partial charge on any atom is 0.254 e. The number of nitrogens with one attached hydrogen (secondary N) is 1. The van der Waals surface area contributed by atoms with E-state index in [-0.39, 0.29) is 5.91 Å². The standard InChI is InChI=1S/C18H18N4OS/c1-12-19-17(21-20-12)14-2-4-15(5-3-14)18(23)22(16-6-7-16)10-13-8-9-24-11-13/h2-5,8-9,11,16H,6-7,10H2,1H3,(H,19,20,21). The van der Waals surface area contributed by atoms with Crippen LogP contribution in [-0.4, -0.2) is 32.0 Å². The number of carbonyl (C=O) groups excluding carboxylic acids is 1. The van der Waals surface area contributed by atoms with Crippen LogP contribution in [0, 0.1) is 6.92 Å². The summed E-state index contributed by atoms with van der Waals surface area (Å²) < 4.78 is 0. The van der Waals surface area contributed by atoms with Gasteiger partial charge < -0.3 is 4.90 Å². The lowest BCUT2D eigenvalue weighted by atomic mass is 10.1. The van der Waals surface area contributed by atoms with Crippen LogP contribution in [0.2, 0.25) is 0 Å². The Morgan fingerprint density at radius 2 is 2.08 bits per heavy atom. The molecule has 1 aliphatic carbocycles. The Morgan fingerprint density at radius 3 is 2.67 bits per heavy atom. The number of carbonyl (C=O) groups is 1. The lowest BCUT2D eigenvalue weighted by molar-refractivity contribution is 0.0730. The monoisotopic (exact) mass is 338 g/mol. The summed E-state index contributed by atoms with van der Waals surface area (Å²) in [6.45, 7) is 2.56. The van der Waals surface area contributed by atoms with E-state index >= 15 is 0 Å². The molecule has 0 atom stereocenters. The Balaban J connectivity index is 1.54. The predicted octanol–water partition coefficient (Wildman–Crippen LogP) is 3.65. The van der Waals surface area contributed by atoms with Crippen LogP contribution in [0.15, 0.2) is 41.1 Å². The van der Waals surface area contributed by atoms with Crippen molar-refractivity contribution in [2.75, 3.05) is 0 Å². The van der Waals surface area contributed by atoms with E-state index in [9.17, 15) is 4.79 Å². The molecule has 1 aromatic carbocycles. The number of hydrogen-bond acceptors (Lipinski definition) is 4. The number of thiophene rings is 1. The van der Waals surface area contributed by atoms with Gasteiger partial charge in [-0.25, -0.2) is 4.98 Å². The summed E-state index contributed by atoms with van der Waals surface area (Å²) in [5, 5.41) is 11.2. The highest BCUT2D eigenvalue weighted by atomic mass is 32.1. The van der Waals surface area contributed by atoms with Crippen LogP contribution in [-0.2, 0) is 6.54 Å². The lowest BCUT2D eigenvalue weighted by Crippen LogP contribution is -2.32. The molecule has 1 amide bonds.